The van der Waals surface area contributed by atoms with Gasteiger partial charge < -0.3 is 5.32 Å². The van der Waals surface area contributed by atoms with Crippen molar-refractivity contribution in [3.8, 4) is 12.3 Å². The highest BCUT2D eigenvalue weighted by Gasteiger charge is 1.89. The molecule has 0 fully saturated rings. The van der Waals surface area contributed by atoms with Crippen LogP contribution in [0.25, 0.3) is 0 Å². The first-order chi connectivity index (χ1) is 5.93. The summed E-state index contributed by atoms with van der Waals surface area (Å²) in [6.07, 6.45) is 9.37. The van der Waals surface area contributed by atoms with Crippen molar-refractivity contribution >= 4 is 0 Å². The molecule has 4 nitrogen and oxygen atoms in total. The fraction of sp³-hybridized carbons (Fsp3) is 0.500. The van der Waals surface area contributed by atoms with Gasteiger partial charge in [-0.05, 0) is 0 Å². The molecule has 1 aromatic rings. The van der Waals surface area contributed by atoms with Crippen LogP contribution in [-0.2, 0) is 6.54 Å². The molecular formula is C8H12N4. The molecular weight excluding hydrogens is 152 g/mol. The van der Waals surface area contributed by atoms with E-state index in [1.807, 2.05) is 6.20 Å². The maximum atomic E-state index is 5.09. The Bertz CT molecular complexity index is 234. The molecule has 0 radical (unpaired) electrons. The summed E-state index contributed by atoms with van der Waals surface area (Å²) in [5.41, 5.74) is 0. The molecule has 0 aliphatic heterocycles. The van der Waals surface area contributed by atoms with Gasteiger partial charge in [0.15, 0.2) is 0 Å². The fourth-order valence-electron chi connectivity index (χ4n) is 0.831. The molecule has 0 atom stereocenters. The minimum atomic E-state index is 0.775. The Labute approximate surface area is 72.0 Å². The number of nitrogens with zero attached hydrogens (tertiary/aromatic N) is 3. The molecule has 0 aromatic carbocycles. The van der Waals surface area contributed by atoms with Crippen LogP contribution in [0.1, 0.15) is 6.42 Å². The van der Waals surface area contributed by atoms with Crippen LogP contribution in [0.4, 0.5) is 0 Å². The highest BCUT2D eigenvalue weighted by Crippen LogP contribution is 1.78. The van der Waals surface area contributed by atoms with Gasteiger partial charge in [-0.25, -0.2) is 0 Å². The Hall–Kier alpha value is -1.34. The average molecular weight is 164 g/mol. The number of rotatable bonds is 5. The van der Waals surface area contributed by atoms with Crippen LogP contribution in [0, 0.1) is 12.3 Å². The number of hydrogen-bond acceptors (Lipinski definition) is 3. The normalized spacial score (nSPS) is 9.58. The minimum Gasteiger partial charge on any atom is -0.314 e. The number of aromatic nitrogens is 3. The Kier molecular flexibility index (Phi) is 3.89. The van der Waals surface area contributed by atoms with Gasteiger partial charge in [-0.3, -0.25) is 4.68 Å². The fourth-order valence-corrected chi connectivity index (χ4v) is 0.831. The van der Waals surface area contributed by atoms with Crippen molar-refractivity contribution in [1.29, 1.82) is 0 Å². The summed E-state index contributed by atoms with van der Waals surface area (Å²) in [4.78, 5) is 0. The van der Waals surface area contributed by atoms with Gasteiger partial charge in [-0.2, -0.15) is 0 Å². The smallest absolute Gasteiger partial charge is 0.0692 e. The molecule has 0 bridgehead atoms. The third-order valence-corrected chi connectivity index (χ3v) is 1.44. The molecule has 0 spiro atoms. The first kappa shape index (κ1) is 8.75. The summed E-state index contributed by atoms with van der Waals surface area (Å²) in [7, 11) is 0. The van der Waals surface area contributed by atoms with Crippen LogP contribution in [0.15, 0.2) is 12.4 Å². The molecule has 1 aromatic heterocycles. The first-order valence-corrected chi connectivity index (χ1v) is 3.92. The van der Waals surface area contributed by atoms with E-state index in [-0.39, 0.29) is 0 Å². The van der Waals surface area contributed by atoms with Crippen molar-refractivity contribution in [1.82, 2.24) is 20.3 Å². The zero-order valence-corrected chi connectivity index (χ0v) is 6.90. The lowest BCUT2D eigenvalue weighted by Gasteiger charge is -2.00. The molecule has 64 valence electrons. The maximum Gasteiger partial charge on any atom is 0.0692 e. The summed E-state index contributed by atoms with van der Waals surface area (Å²) in [6, 6.07) is 0. The van der Waals surface area contributed by atoms with E-state index in [4.69, 9.17) is 6.42 Å². The van der Waals surface area contributed by atoms with Crippen LogP contribution in [0.3, 0.4) is 0 Å². The van der Waals surface area contributed by atoms with Gasteiger partial charge >= 0.3 is 0 Å². The summed E-state index contributed by atoms with van der Waals surface area (Å²) in [5, 5.41) is 10.7. The first-order valence-electron chi connectivity index (χ1n) is 3.92. The molecule has 0 aliphatic rings. The lowest BCUT2D eigenvalue weighted by atomic mass is 10.4. The van der Waals surface area contributed by atoms with Crippen LogP contribution in [-0.4, -0.2) is 28.1 Å². The lowest BCUT2D eigenvalue weighted by Crippen LogP contribution is -2.21. The second-order valence-electron chi connectivity index (χ2n) is 2.37. The van der Waals surface area contributed by atoms with Crippen molar-refractivity contribution in [3.63, 3.8) is 0 Å². The lowest BCUT2D eigenvalue weighted by molar-refractivity contribution is 0.544. The molecule has 0 saturated heterocycles. The second-order valence-corrected chi connectivity index (χ2v) is 2.37. The molecule has 0 aliphatic carbocycles. The van der Waals surface area contributed by atoms with Crippen LogP contribution in [0.5, 0.6) is 0 Å². The van der Waals surface area contributed by atoms with Gasteiger partial charge in [0.1, 0.15) is 0 Å². The Balaban J connectivity index is 2.01. The second kappa shape index (κ2) is 5.33. The van der Waals surface area contributed by atoms with E-state index in [0.29, 0.717) is 0 Å². The molecule has 12 heavy (non-hydrogen) atoms. The van der Waals surface area contributed by atoms with Crippen molar-refractivity contribution in [2.75, 3.05) is 13.1 Å². The Morgan fingerprint density at radius 2 is 2.42 bits per heavy atom. The molecule has 0 saturated carbocycles. The molecule has 0 unspecified atom stereocenters. The maximum absolute atomic E-state index is 5.09. The van der Waals surface area contributed by atoms with Crippen molar-refractivity contribution < 1.29 is 0 Å². The minimum absolute atomic E-state index is 0.775. The van der Waals surface area contributed by atoms with E-state index in [1.165, 1.54) is 0 Å². The number of hydrogen-bond donors (Lipinski definition) is 1. The summed E-state index contributed by atoms with van der Waals surface area (Å²) < 4.78 is 1.78. The molecule has 1 heterocycles. The predicted octanol–water partition coefficient (Wildman–Crippen LogP) is -0.109. The summed E-state index contributed by atoms with van der Waals surface area (Å²) in [5.74, 6) is 2.56. The zero-order chi connectivity index (χ0) is 8.65. The summed E-state index contributed by atoms with van der Waals surface area (Å²) >= 11 is 0. The van der Waals surface area contributed by atoms with Crippen LogP contribution < -0.4 is 5.32 Å². The third kappa shape index (κ3) is 3.17. The zero-order valence-electron chi connectivity index (χ0n) is 6.90. The van der Waals surface area contributed by atoms with Crippen molar-refractivity contribution in [2.45, 2.75) is 13.0 Å². The molecule has 1 rings (SSSR count). The largest absolute Gasteiger partial charge is 0.314 e. The van der Waals surface area contributed by atoms with Gasteiger partial charge in [0.2, 0.25) is 0 Å². The van der Waals surface area contributed by atoms with E-state index in [1.54, 1.807) is 10.9 Å². The molecule has 0 amide bonds. The predicted molar refractivity (Wildman–Crippen MR) is 46.3 cm³/mol. The van der Waals surface area contributed by atoms with Gasteiger partial charge in [-0.1, -0.05) is 5.21 Å². The van der Waals surface area contributed by atoms with Crippen molar-refractivity contribution in [2.24, 2.45) is 0 Å². The van der Waals surface area contributed by atoms with E-state index < -0.39 is 0 Å². The molecule has 1 N–H and O–H groups in total. The van der Waals surface area contributed by atoms with Crippen LogP contribution >= 0.6 is 0 Å². The van der Waals surface area contributed by atoms with E-state index in [9.17, 15) is 0 Å². The standard InChI is InChI=1S/C8H12N4/c1-2-3-4-9-5-7-12-8-6-10-11-12/h1,6,8-9H,3-5,7H2. The van der Waals surface area contributed by atoms with Gasteiger partial charge in [0.05, 0.1) is 12.7 Å². The van der Waals surface area contributed by atoms with Gasteiger partial charge in [0, 0.05) is 25.7 Å². The Morgan fingerprint density at radius 3 is 3.08 bits per heavy atom. The monoisotopic (exact) mass is 164 g/mol. The number of terminal acetylenes is 1. The molecule has 4 heteroatoms. The number of nitrogens with one attached hydrogen (secondary N) is 1. The van der Waals surface area contributed by atoms with E-state index in [2.05, 4.69) is 21.5 Å². The van der Waals surface area contributed by atoms with E-state index >= 15 is 0 Å². The highest BCUT2D eigenvalue weighted by molar-refractivity contribution is 4.83. The highest BCUT2D eigenvalue weighted by atomic mass is 15.4. The van der Waals surface area contributed by atoms with E-state index in [0.717, 1.165) is 26.1 Å². The topological polar surface area (TPSA) is 42.7 Å². The third-order valence-electron chi connectivity index (χ3n) is 1.44. The Morgan fingerprint density at radius 1 is 1.50 bits per heavy atom. The van der Waals surface area contributed by atoms with Crippen molar-refractivity contribution in [3.05, 3.63) is 12.4 Å². The SMILES string of the molecule is C#CCCNCCn1ccnn1. The average Bonchev–Trinajstić information content (AvgIpc) is 2.57. The quantitative estimate of drug-likeness (QED) is 0.488. The van der Waals surface area contributed by atoms with Crippen LogP contribution in [0.2, 0.25) is 0 Å². The summed E-state index contributed by atoms with van der Waals surface area (Å²) in [6.45, 7) is 2.58. The van der Waals surface area contributed by atoms with Gasteiger partial charge in [0.25, 0.3) is 0 Å². The van der Waals surface area contributed by atoms with Gasteiger partial charge in [-0.15, -0.1) is 17.4 Å².